The number of hydrogen-bond acceptors (Lipinski definition) is 4. The first-order valence-electron chi connectivity index (χ1n) is 7.60. The van der Waals surface area contributed by atoms with Crippen LogP contribution in [0.15, 0.2) is 0 Å². The highest BCUT2D eigenvalue weighted by atomic mass is 32.1. The quantitative estimate of drug-likeness (QED) is 0.916. The Morgan fingerprint density at radius 3 is 3.11 bits per heavy atom. The molecule has 1 aliphatic carbocycles. The molecule has 0 bridgehead atoms. The number of thiazole rings is 1. The molecule has 1 aromatic heterocycles. The van der Waals surface area contributed by atoms with Crippen molar-refractivity contribution in [2.24, 2.45) is 0 Å². The SMILES string of the molecule is CCCNC1CCCc2sc(C3(C)CCCO3)nc21. The molecule has 3 rings (SSSR count). The van der Waals surface area contributed by atoms with Gasteiger partial charge in [-0.3, -0.25) is 0 Å². The Bertz CT molecular complexity index is 437. The minimum atomic E-state index is -0.114. The third-order valence-corrected chi connectivity index (χ3v) is 5.64. The van der Waals surface area contributed by atoms with Crippen LogP contribution in [-0.2, 0) is 16.8 Å². The highest BCUT2D eigenvalue weighted by Crippen LogP contribution is 2.42. The van der Waals surface area contributed by atoms with Gasteiger partial charge in [-0.25, -0.2) is 4.98 Å². The monoisotopic (exact) mass is 280 g/mol. The molecule has 1 saturated heterocycles. The van der Waals surface area contributed by atoms with Crippen molar-refractivity contribution in [1.82, 2.24) is 10.3 Å². The van der Waals surface area contributed by atoms with Crippen molar-refractivity contribution in [2.75, 3.05) is 13.2 Å². The molecule has 1 fully saturated rings. The van der Waals surface area contributed by atoms with Crippen LogP contribution in [0, 0.1) is 0 Å². The minimum absolute atomic E-state index is 0.114. The Morgan fingerprint density at radius 2 is 2.37 bits per heavy atom. The molecule has 2 unspecified atom stereocenters. The number of fused-ring (bicyclic) bond motifs is 1. The zero-order valence-electron chi connectivity index (χ0n) is 12.0. The summed E-state index contributed by atoms with van der Waals surface area (Å²) in [6.07, 6.45) is 7.18. The van der Waals surface area contributed by atoms with E-state index in [1.807, 2.05) is 11.3 Å². The average Bonchev–Trinajstić information content (AvgIpc) is 3.03. The van der Waals surface area contributed by atoms with Crippen molar-refractivity contribution in [3.8, 4) is 0 Å². The van der Waals surface area contributed by atoms with Crippen LogP contribution in [0.2, 0.25) is 0 Å². The third kappa shape index (κ3) is 2.58. The maximum Gasteiger partial charge on any atom is 0.125 e. The molecule has 2 heterocycles. The number of nitrogens with one attached hydrogen (secondary N) is 1. The Morgan fingerprint density at radius 1 is 1.47 bits per heavy atom. The smallest absolute Gasteiger partial charge is 0.125 e. The first kappa shape index (κ1) is 13.5. The molecule has 106 valence electrons. The second-order valence-corrected chi connectivity index (χ2v) is 6.99. The number of aromatic nitrogens is 1. The molecule has 0 aromatic carbocycles. The molecule has 0 radical (unpaired) electrons. The molecular formula is C15H24N2OS. The van der Waals surface area contributed by atoms with Crippen molar-refractivity contribution in [3.63, 3.8) is 0 Å². The number of ether oxygens (including phenoxy) is 1. The van der Waals surface area contributed by atoms with E-state index in [1.54, 1.807) is 0 Å². The minimum Gasteiger partial charge on any atom is -0.368 e. The summed E-state index contributed by atoms with van der Waals surface area (Å²) in [7, 11) is 0. The van der Waals surface area contributed by atoms with Crippen molar-refractivity contribution in [1.29, 1.82) is 0 Å². The van der Waals surface area contributed by atoms with E-state index >= 15 is 0 Å². The molecule has 1 N–H and O–H groups in total. The molecule has 0 spiro atoms. The van der Waals surface area contributed by atoms with Crippen molar-refractivity contribution in [2.45, 2.75) is 64.0 Å². The van der Waals surface area contributed by atoms with E-state index in [9.17, 15) is 0 Å². The maximum absolute atomic E-state index is 5.95. The molecule has 2 aliphatic rings. The van der Waals surface area contributed by atoms with Gasteiger partial charge in [0, 0.05) is 11.5 Å². The Kier molecular flexibility index (Phi) is 3.92. The molecule has 4 heteroatoms. The van der Waals surface area contributed by atoms with Crippen LogP contribution < -0.4 is 5.32 Å². The summed E-state index contributed by atoms with van der Waals surface area (Å²) in [6, 6.07) is 0.471. The van der Waals surface area contributed by atoms with Crippen LogP contribution in [0.3, 0.4) is 0 Å². The van der Waals surface area contributed by atoms with Gasteiger partial charge < -0.3 is 10.1 Å². The fourth-order valence-electron chi connectivity index (χ4n) is 3.11. The average molecular weight is 280 g/mol. The first-order valence-corrected chi connectivity index (χ1v) is 8.42. The van der Waals surface area contributed by atoms with Crippen LogP contribution in [-0.4, -0.2) is 18.1 Å². The molecule has 2 atom stereocenters. The fourth-order valence-corrected chi connectivity index (χ4v) is 4.40. The van der Waals surface area contributed by atoms with E-state index in [0.29, 0.717) is 6.04 Å². The highest BCUT2D eigenvalue weighted by Gasteiger charge is 2.37. The highest BCUT2D eigenvalue weighted by molar-refractivity contribution is 7.11. The zero-order chi connectivity index (χ0) is 13.3. The lowest BCUT2D eigenvalue weighted by molar-refractivity contribution is 0.0165. The van der Waals surface area contributed by atoms with E-state index in [4.69, 9.17) is 9.72 Å². The topological polar surface area (TPSA) is 34.1 Å². The van der Waals surface area contributed by atoms with Gasteiger partial charge in [0.2, 0.25) is 0 Å². The normalized spacial score (nSPS) is 30.5. The largest absolute Gasteiger partial charge is 0.368 e. The van der Waals surface area contributed by atoms with E-state index in [2.05, 4.69) is 19.2 Å². The van der Waals surface area contributed by atoms with Crippen molar-refractivity contribution >= 4 is 11.3 Å². The lowest BCUT2D eigenvalue weighted by Gasteiger charge is -2.22. The number of rotatable bonds is 4. The van der Waals surface area contributed by atoms with E-state index in [-0.39, 0.29) is 5.60 Å². The molecule has 1 aliphatic heterocycles. The summed E-state index contributed by atoms with van der Waals surface area (Å²) in [6.45, 7) is 6.40. The van der Waals surface area contributed by atoms with Gasteiger partial charge >= 0.3 is 0 Å². The third-order valence-electron chi connectivity index (χ3n) is 4.27. The van der Waals surface area contributed by atoms with Gasteiger partial charge in [-0.2, -0.15) is 0 Å². The van der Waals surface area contributed by atoms with Crippen molar-refractivity contribution in [3.05, 3.63) is 15.6 Å². The fraction of sp³-hybridized carbons (Fsp3) is 0.800. The first-order chi connectivity index (χ1) is 9.23. The van der Waals surface area contributed by atoms with Gasteiger partial charge in [0.15, 0.2) is 0 Å². The van der Waals surface area contributed by atoms with Gasteiger partial charge in [-0.1, -0.05) is 6.92 Å². The van der Waals surface area contributed by atoms with Gasteiger partial charge in [0.1, 0.15) is 10.6 Å². The summed E-state index contributed by atoms with van der Waals surface area (Å²) < 4.78 is 5.95. The van der Waals surface area contributed by atoms with Gasteiger partial charge in [0.05, 0.1) is 11.7 Å². The van der Waals surface area contributed by atoms with Gasteiger partial charge in [-0.05, 0) is 52.0 Å². The molecular weight excluding hydrogens is 256 g/mol. The second kappa shape index (κ2) is 5.51. The lowest BCUT2D eigenvalue weighted by atomic mass is 9.97. The molecule has 3 nitrogen and oxygen atoms in total. The Labute approximate surface area is 119 Å². The van der Waals surface area contributed by atoms with Crippen LogP contribution in [0.25, 0.3) is 0 Å². The van der Waals surface area contributed by atoms with E-state index in [1.165, 1.54) is 41.3 Å². The predicted octanol–water partition coefficient (Wildman–Crippen LogP) is 3.55. The number of nitrogens with zero attached hydrogens (tertiary/aromatic N) is 1. The van der Waals surface area contributed by atoms with Crippen LogP contribution in [0.4, 0.5) is 0 Å². The number of hydrogen-bond donors (Lipinski definition) is 1. The zero-order valence-corrected chi connectivity index (χ0v) is 12.8. The van der Waals surface area contributed by atoms with Crippen LogP contribution >= 0.6 is 11.3 Å². The summed E-state index contributed by atoms with van der Waals surface area (Å²) in [5, 5.41) is 4.86. The molecule has 1 aromatic rings. The second-order valence-electron chi connectivity index (χ2n) is 5.91. The Hall–Kier alpha value is -0.450. The van der Waals surface area contributed by atoms with Crippen LogP contribution in [0.1, 0.15) is 67.6 Å². The van der Waals surface area contributed by atoms with Gasteiger partial charge in [-0.15, -0.1) is 11.3 Å². The summed E-state index contributed by atoms with van der Waals surface area (Å²) in [5.41, 5.74) is 1.20. The van der Waals surface area contributed by atoms with E-state index < -0.39 is 0 Å². The van der Waals surface area contributed by atoms with Crippen LogP contribution in [0.5, 0.6) is 0 Å². The Balaban J connectivity index is 1.84. The standard InChI is InChI=1S/C15H24N2OS/c1-3-9-16-11-6-4-7-12-13(11)17-14(19-12)15(2)8-5-10-18-15/h11,16H,3-10H2,1-2H3. The summed E-state index contributed by atoms with van der Waals surface area (Å²) in [5.74, 6) is 0. The molecule has 19 heavy (non-hydrogen) atoms. The maximum atomic E-state index is 5.95. The summed E-state index contributed by atoms with van der Waals surface area (Å²) in [4.78, 5) is 6.46. The van der Waals surface area contributed by atoms with E-state index in [0.717, 1.165) is 26.0 Å². The predicted molar refractivity (Wildman–Crippen MR) is 78.6 cm³/mol. The van der Waals surface area contributed by atoms with Crippen molar-refractivity contribution < 1.29 is 4.74 Å². The molecule has 0 amide bonds. The lowest BCUT2D eigenvalue weighted by Crippen LogP contribution is -2.26. The molecule has 0 saturated carbocycles. The summed E-state index contributed by atoms with van der Waals surface area (Å²) >= 11 is 1.89. The number of aryl methyl sites for hydroxylation is 1. The van der Waals surface area contributed by atoms with Gasteiger partial charge in [0.25, 0.3) is 0 Å².